The fraction of sp³-hybridized carbons (Fsp3) is 0.111. The lowest BCUT2D eigenvalue weighted by Crippen LogP contribution is -2.24. The summed E-state index contributed by atoms with van der Waals surface area (Å²) in [6.07, 6.45) is 3.02. The van der Waals surface area contributed by atoms with Crippen LogP contribution < -0.4 is 20.7 Å². The van der Waals surface area contributed by atoms with Crippen LogP contribution in [0.2, 0.25) is 5.02 Å². The maximum Gasteiger partial charge on any atom is 0.318 e. The fourth-order valence-electron chi connectivity index (χ4n) is 2.02. The van der Waals surface area contributed by atoms with E-state index in [-0.39, 0.29) is 11.9 Å². The normalized spacial score (nSPS) is 10.4. The van der Waals surface area contributed by atoms with Gasteiger partial charge < -0.3 is 20.7 Å². The molecular formula is C18H18ClN3O3. The molecule has 0 unspecified atom stereocenters. The average molecular weight is 360 g/mol. The van der Waals surface area contributed by atoms with Crippen molar-refractivity contribution in [1.82, 2.24) is 5.32 Å². The molecule has 7 heteroatoms. The van der Waals surface area contributed by atoms with Gasteiger partial charge in [0.25, 0.3) is 0 Å². The average Bonchev–Trinajstić information content (AvgIpc) is 2.61. The smallest absolute Gasteiger partial charge is 0.318 e. The molecule has 0 aliphatic carbocycles. The summed E-state index contributed by atoms with van der Waals surface area (Å²) in [7, 11) is 3.08. The molecule has 3 N–H and O–H groups in total. The van der Waals surface area contributed by atoms with E-state index in [9.17, 15) is 9.59 Å². The molecular weight excluding hydrogens is 342 g/mol. The standard InChI is InChI=1S/C18H18ClN3O3/c1-20-18(24)22-15-7-5-14(6-8-15)21-17(23)10-3-12-11-13(19)4-9-16(12)25-2/h3-11H,1-2H3,(H,21,23)(H2,20,22,24)/b10-3+. The van der Waals surface area contributed by atoms with Crippen molar-refractivity contribution in [2.75, 3.05) is 24.8 Å². The Labute approximate surface area is 150 Å². The minimum atomic E-state index is -0.310. The van der Waals surface area contributed by atoms with E-state index in [1.807, 2.05) is 0 Å². The molecule has 0 aromatic heterocycles. The maximum atomic E-state index is 12.0. The molecule has 2 aromatic carbocycles. The van der Waals surface area contributed by atoms with Crippen LogP contribution in [0, 0.1) is 0 Å². The van der Waals surface area contributed by atoms with Crippen LogP contribution >= 0.6 is 11.6 Å². The van der Waals surface area contributed by atoms with Gasteiger partial charge in [0.2, 0.25) is 5.91 Å². The van der Waals surface area contributed by atoms with Crippen LogP contribution in [0.1, 0.15) is 5.56 Å². The topological polar surface area (TPSA) is 79.5 Å². The number of halogens is 1. The quantitative estimate of drug-likeness (QED) is 0.711. The molecule has 25 heavy (non-hydrogen) atoms. The molecule has 2 rings (SSSR count). The third kappa shape index (κ3) is 5.54. The molecule has 0 aliphatic rings. The van der Waals surface area contributed by atoms with Crippen molar-refractivity contribution in [2.24, 2.45) is 0 Å². The van der Waals surface area contributed by atoms with Crippen molar-refractivity contribution in [3.63, 3.8) is 0 Å². The third-order valence-electron chi connectivity index (χ3n) is 3.24. The Morgan fingerprint density at radius 1 is 1.04 bits per heavy atom. The second-order valence-corrected chi connectivity index (χ2v) is 5.43. The molecule has 0 radical (unpaired) electrons. The largest absolute Gasteiger partial charge is 0.496 e. The van der Waals surface area contributed by atoms with Gasteiger partial charge in [-0.05, 0) is 48.5 Å². The monoisotopic (exact) mass is 359 g/mol. The predicted molar refractivity (Wildman–Crippen MR) is 100 cm³/mol. The summed E-state index contributed by atoms with van der Waals surface area (Å²) in [4.78, 5) is 23.2. The number of urea groups is 1. The molecule has 0 saturated heterocycles. The van der Waals surface area contributed by atoms with E-state index < -0.39 is 0 Å². The van der Waals surface area contributed by atoms with Gasteiger partial charge in [-0.3, -0.25) is 4.79 Å². The number of benzene rings is 2. The highest BCUT2D eigenvalue weighted by molar-refractivity contribution is 6.30. The molecule has 130 valence electrons. The van der Waals surface area contributed by atoms with E-state index in [0.717, 1.165) is 0 Å². The van der Waals surface area contributed by atoms with E-state index in [4.69, 9.17) is 16.3 Å². The lowest BCUT2D eigenvalue weighted by Gasteiger charge is -2.07. The molecule has 0 spiro atoms. The highest BCUT2D eigenvalue weighted by Gasteiger charge is 2.03. The molecule has 0 heterocycles. The Hall–Kier alpha value is -2.99. The third-order valence-corrected chi connectivity index (χ3v) is 3.48. The first-order valence-electron chi connectivity index (χ1n) is 7.43. The molecule has 6 nitrogen and oxygen atoms in total. The van der Waals surface area contributed by atoms with Crippen molar-refractivity contribution in [3.05, 3.63) is 59.1 Å². The molecule has 0 fully saturated rings. The zero-order valence-corrected chi connectivity index (χ0v) is 14.6. The van der Waals surface area contributed by atoms with Crippen molar-refractivity contribution >= 4 is 41.0 Å². The first kappa shape index (κ1) is 18.4. The Kier molecular flexibility index (Phi) is 6.42. The van der Waals surface area contributed by atoms with E-state index >= 15 is 0 Å². The van der Waals surface area contributed by atoms with E-state index in [2.05, 4.69) is 16.0 Å². The summed E-state index contributed by atoms with van der Waals surface area (Å²) in [5, 5.41) is 8.38. The highest BCUT2D eigenvalue weighted by Crippen LogP contribution is 2.23. The minimum Gasteiger partial charge on any atom is -0.496 e. The van der Waals surface area contributed by atoms with Crippen LogP contribution in [-0.2, 0) is 4.79 Å². The summed E-state index contributed by atoms with van der Waals surface area (Å²) in [5.41, 5.74) is 1.93. The van der Waals surface area contributed by atoms with Crippen LogP contribution in [0.5, 0.6) is 5.75 Å². The van der Waals surface area contributed by atoms with Gasteiger partial charge in [-0.1, -0.05) is 11.6 Å². The summed E-state index contributed by atoms with van der Waals surface area (Å²) in [5.74, 6) is 0.326. The van der Waals surface area contributed by atoms with Gasteiger partial charge >= 0.3 is 6.03 Å². The highest BCUT2D eigenvalue weighted by atomic mass is 35.5. The van der Waals surface area contributed by atoms with Crippen molar-refractivity contribution in [1.29, 1.82) is 0 Å². The Balaban J connectivity index is 2.00. The molecule has 0 aliphatic heterocycles. The number of anilines is 2. The van der Waals surface area contributed by atoms with Crippen LogP contribution in [0.4, 0.5) is 16.2 Å². The van der Waals surface area contributed by atoms with Crippen LogP contribution in [0.3, 0.4) is 0 Å². The first-order chi connectivity index (χ1) is 12.0. The molecule has 0 bridgehead atoms. The van der Waals surface area contributed by atoms with Gasteiger partial charge in [-0.2, -0.15) is 0 Å². The van der Waals surface area contributed by atoms with E-state index in [1.165, 1.54) is 13.1 Å². The number of carbonyl (C=O) groups excluding carboxylic acids is 2. The fourth-order valence-corrected chi connectivity index (χ4v) is 2.20. The Morgan fingerprint density at radius 2 is 1.68 bits per heavy atom. The molecule has 0 atom stereocenters. The number of methoxy groups -OCH3 is 1. The van der Waals surface area contributed by atoms with E-state index in [0.29, 0.717) is 27.7 Å². The lowest BCUT2D eigenvalue weighted by molar-refractivity contribution is -0.111. The van der Waals surface area contributed by atoms with Crippen LogP contribution in [0.25, 0.3) is 6.08 Å². The zero-order chi connectivity index (χ0) is 18.2. The number of hydrogen-bond donors (Lipinski definition) is 3. The second kappa shape index (κ2) is 8.75. The van der Waals surface area contributed by atoms with Gasteiger partial charge in [0.1, 0.15) is 5.75 Å². The Morgan fingerprint density at radius 3 is 2.28 bits per heavy atom. The second-order valence-electron chi connectivity index (χ2n) is 4.99. The minimum absolute atomic E-state index is 0.297. The number of hydrogen-bond acceptors (Lipinski definition) is 3. The maximum absolute atomic E-state index is 12.0. The molecule has 2 aromatic rings. The molecule has 0 saturated carbocycles. The van der Waals surface area contributed by atoms with Crippen molar-refractivity contribution < 1.29 is 14.3 Å². The van der Waals surface area contributed by atoms with Crippen LogP contribution in [-0.4, -0.2) is 26.1 Å². The summed E-state index contributed by atoms with van der Waals surface area (Å²) >= 11 is 5.96. The van der Waals surface area contributed by atoms with Gasteiger partial charge in [0, 0.05) is 35.1 Å². The van der Waals surface area contributed by atoms with Gasteiger partial charge in [-0.15, -0.1) is 0 Å². The molecule has 3 amide bonds. The number of nitrogens with one attached hydrogen (secondary N) is 3. The van der Waals surface area contributed by atoms with Gasteiger partial charge in [0.05, 0.1) is 7.11 Å². The van der Waals surface area contributed by atoms with Crippen molar-refractivity contribution in [2.45, 2.75) is 0 Å². The predicted octanol–water partition coefficient (Wildman–Crippen LogP) is 3.75. The summed E-state index contributed by atoms with van der Waals surface area (Å²) < 4.78 is 5.22. The van der Waals surface area contributed by atoms with E-state index in [1.54, 1.807) is 55.7 Å². The first-order valence-corrected chi connectivity index (χ1v) is 7.81. The zero-order valence-electron chi connectivity index (χ0n) is 13.8. The van der Waals surface area contributed by atoms with Crippen molar-refractivity contribution in [3.8, 4) is 5.75 Å². The van der Waals surface area contributed by atoms with Crippen LogP contribution in [0.15, 0.2) is 48.5 Å². The SMILES string of the molecule is CNC(=O)Nc1ccc(NC(=O)/C=C/c2cc(Cl)ccc2OC)cc1. The number of rotatable bonds is 5. The van der Waals surface area contributed by atoms with Gasteiger partial charge in [0.15, 0.2) is 0 Å². The summed E-state index contributed by atoms with van der Waals surface area (Å²) in [6, 6.07) is 11.6. The number of carbonyl (C=O) groups is 2. The summed E-state index contributed by atoms with van der Waals surface area (Å²) in [6.45, 7) is 0. The Bertz CT molecular complexity index is 789. The van der Waals surface area contributed by atoms with Gasteiger partial charge in [-0.25, -0.2) is 4.79 Å². The lowest BCUT2D eigenvalue weighted by atomic mass is 10.2. The number of amides is 3. The number of ether oxygens (including phenoxy) is 1.